The van der Waals surface area contributed by atoms with Crippen LogP contribution in [0.3, 0.4) is 0 Å². The molecule has 1 atom stereocenters. The lowest BCUT2D eigenvalue weighted by atomic mass is 10.3. The molecule has 0 bridgehead atoms. The van der Waals surface area contributed by atoms with E-state index < -0.39 is 12.0 Å². The fourth-order valence-corrected chi connectivity index (χ4v) is 1.63. The Morgan fingerprint density at radius 3 is 2.61 bits per heavy atom. The maximum Gasteiger partial charge on any atom is 0.328 e. The molecule has 0 aromatic carbocycles. The fraction of sp³-hybridized carbons (Fsp3) is 0.538. The molecule has 0 saturated heterocycles. The minimum Gasteiger partial charge on any atom is -0.464 e. The van der Waals surface area contributed by atoms with Gasteiger partial charge < -0.3 is 14.6 Å². The van der Waals surface area contributed by atoms with Gasteiger partial charge in [-0.2, -0.15) is 0 Å². The van der Waals surface area contributed by atoms with Crippen LogP contribution >= 0.6 is 0 Å². The highest BCUT2D eigenvalue weighted by Crippen LogP contribution is 2.10. The molecule has 1 rings (SSSR count). The van der Waals surface area contributed by atoms with Crippen molar-refractivity contribution in [3.63, 3.8) is 0 Å². The van der Waals surface area contributed by atoms with Crippen molar-refractivity contribution in [3.05, 3.63) is 24.0 Å². The highest BCUT2D eigenvalue weighted by molar-refractivity contribution is 5.95. The molecule has 5 heteroatoms. The Morgan fingerprint density at radius 2 is 2.06 bits per heavy atom. The number of rotatable bonds is 5. The summed E-state index contributed by atoms with van der Waals surface area (Å²) in [6.07, 6.45) is 1.84. The van der Waals surface area contributed by atoms with Crippen LogP contribution in [0.4, 0.5) is 0 Å². The molecule has 1 heterocycles. The van der Waals surface area contributed by atoms with Gasteiger partial charge in [0.1, 0.15) is 11.7 Å². The third-order valence-electron chi connectivity index (χ3n) is 2.56. The van der Waals surface area contributed by atoms with Crippen molar-refractivity contribution in [1.82, 2.24) is 9.88 Å². The molecule has 5 nitrogen and oxygen atoms in total. The second-order valence-electron chi connectivity index (χ2n) is 4.34. The van der Waals surface area contributed by atoms with E-state index in [2.05, 4.69) is 5.32 Å². The summed E-state index contributed by atoms with van der Waals surface area (Å²) in [6.45, 7) is 7.63. The molecular formula is C13H20N2O3. The lowest BCUT2D eigenvalue weighted by molar-refractivity contribution is -0.144. The Hall–Kier alpha value is -1.78. The van der Waals surface area contributed by atoms with Gasteiger partial charge in [-0.1, -0.05) is 0 Å². The molecule has 18 heavy (non-hydrogen) atoms. The summed E-state index contributed by atoms with van der Waals surface area (Å²) in [6, 6.07) is 3.09. The Morgan fingerprint density at radius 1 is 1.39 bits per heavy atom. The van der Waals surface area contributed by atoms with Crippen LogP contribution in [0.15, 0.2) is 18.3 Å². The highest BCUT2D eigenvalue weighted by atomic mass is 16.5. The van der Waals surface area contributed by atoms with E-state index in [4.69, 9.17) is 4.74 Å². The van der Waals surface area contributed by atoms with Crippen molar-refractivity contribution in [3.8, 4) is 0 Å². The van der Waals surface area contributed by atoms with Crippen LogP contribution in [0.5, 0.6) is 0 Å². The summed E-state index contributed by atoms with van der Waals surface area (Å²) in [4.78, 5) is 23.4. The number of carbonyl (C=O) groups is 2. The number of carbonyl (C=O) groups excluding carboxylic acids is 2. The first-order valence-corrected chi connectivity index (χ1v) is 6.11. The quantitative estimate of drug-likeness (QED) is 0.812. The molecule has 1 amide bonds. The third kappa shape index (κ3) is 3.35. The topological polar surface area (TPSA) is 60.3 Å². The summed E-state index contributed by atoms with van der Waals surface area (Å²) in [5.74, 6) is -0.692. The highest BCUT2D eigenvalue weighted by Gasteiger charge is 2.19. The molecular weight excluding hydrogens is 232 g/mol. The molecule has 0 saturated carbocycles. The number of nitrogens with one attached hydrogen (secondary N) is 1. The Labute approximate surface area is 107 Å². The first kappa shape index (κ1) is 14.3. The monoisotopic (exact) mass is 252 g/mol. The van der Waals surface area contributed by atoms with E-state index in [1.54, 1.807) is 19.9 Å². The average molecular weight is 252 g/mol. The number of aromatic nitrogens is 1. The maximum atomic E-state index is 12.0. The lowest BCUT2D eigenvalue weighted by Gasteiger charge is -2.15. The lowest BCUT2D eigenvalue weighted by Crippen LogP contribution is -2.40. The number of esters is 1. The van der Waals surface area contributed by atoms with Crippen LogP contribution < -0.4 is 5.32 Å². The fourth-order valence-electron chi connectivity index (χ4n) is 1.63. The predicted molar refractivity (Wildman–Crippen MR) is 68.4 cm³/mol. The summed E-state index contributed by atoms with van der Waals surface area (Å²) in [5.41, 5.74) is 0.543. The van der Waals surface area contributed by atoms with Crippen LogP contribution in [0, 0.1) is 0 Å². The molecule has 100 valence electrons. The maximum absolute atomic E-state index is 12.0. The third-order valence-corrected chi connectivity index (χ3v) is 2.56. The molecule has 0 fully saturated rings. The molecule has 0 aliphatic heterocycles. The summed E-state index contributed by atoms with van der Waals surface area (Å²) in [5, 5.41) is 2.63. The number of amides is 1. The van der Waals surface area contributed by atoms with Gasteiger partial charge >= 0.3 is 5.97 Å². The van der Waals surface area contributed by atoms with Gasteiger partial charge in [0.25, 0.3) is 5.91 Å². The SMILES string of the molecule is CCOC(=O)C(C)NC(=O)c1cccn1C(C)C. The van der Waals surface area contributed by atoms with Crippen molar-refractivity contribution in [2.75, 3.05) is 6.61 Å². The smallest absolute Gasteiger partial charge is 0.328 e. The zero-order valence-corrected chi connectivity index (χ0v) is 11.3. The van der Waals surface area contributed by atoms with Gasteiger partial charge in [0.15, 0.2) is 0 Å². The Kier molecular flexibility index (Phi) is 4.95. The molecule has 0 aliphatic rings. The number of nitrogens with zero attached hydrogens (tertiary/aromatic N) is 1. The number of ether oxygens (including phenoxy) is 1. The van der Waals surface area contributed by atoms with Crippen molar-refractivity contribution in [2.24, 2.45) is 0 Å². The molecule has 1 aromatic rings. The minimum absolute atomic E-state index is 0.193. The first-order chi connectivity index (χ1) is 8.47. The summed E-state index contributed by atoms with van der Waals surface area (Å²) >= 11 is 0. The van der Waals surface area contributed by atoms with Crippen molar-refractivity contribution < 1.29 is 14.3 Å². The molecule has 1 N–H and O–H groups in total. The second-order valence-corrected chi connectivity index (χ2v) is 4.34. The van der Waals surface area contributed by atoms with Crippen molar-refractivity contribution in [2.45, 2.75) is 39.8 Å². The zero-order valence-electron chi connectivity index (χ0n) is 11.3. The van der Waals surface area contributed by atoms with Gasteiger partial charge in [-0.15, -0.1) is 0 Å². The predicted octanol–water partition coefficient (Wildman–Crippen LogP) is 1.75. The molecule has 0 aliphatic carbocycles. The van der Waals surface area contributed by atoms with Gasteiger partial charge in [0.2, 0.25) is 0 Å². The first-order valence-electron chi connectivity index (χ1n) is 6.11. The van der Waals surface area contributed by atoms with Crippen LogP contribution in [-0.4, -0.2) is 29.1 Å². The van der Waals surface area contributed by atoms with E-state index in [1.807, 2.05) is 30.7 Å². The van der Waals surface area contributed by atoms with Gasteiger partial charge in [-0.3, -0.25) is 4.79 Å². The van der Waals surface area contributed by atoms with Crippen molar-refractivity contribution >= 4 is 11.9 Å². The second kappa shape index (κ2) is 6.23. The minimum atomic E-state index is -0.645. The Balaban J connectivity index is 2.71. The van der Waals surface area contributed by atoms with Crippen LogP contribution in [-0.2, 0) is 9.53 Å². The van der Waals surface area contributed by atoms with E-state index in [9.17, 15) is 9.59 Å². The summed E-state index contributed by atoms with van der Waals surface area (Å²) < 4.78 is 6.69. The number of hydrogen-bond donors (Lipinski definition) is 1. The van der Waals surface area contributed by atoms with Gasteiger partial charge in [0, 0.05) is 12.2 Å². The van der Waals surface area contributed by atoms with Gasteiger partial charge in [0.05, 0.1) is 6.61 Å². The van der Waals surface area contributed by atoms with Crippen LogP contribution in [0.2, 0.25) is 0 Å². The zero-order chi connectivity index (χ0) is 13.7. The Bertz CT molecular complexity index is 424. The van der Waals surface area contributed by atoms with E-state index in [-0.39, 0.29) is 11.9 Å². The standard InChI is InChI=1S/C13H20N2O3/c1-5-18-13(17)10(4)14-12(16)11-7-6-8-15(11)9(2)3/h6-10H,5H2,1-4H3,(H,14,16). The largest absolute Gasteiger partial charge is 0.464 e. The van der Waals surface area contributed by atoms with Crippen LogP contribution in [0.1, 0.15) is 44.2 Å². The van der Waals surface area contributed by atoms with E-state index in [0.717, 1.165) is 0 Å². The van der Waals surface area contributed by atoms with E-state index in [0.29, 0.717) is 12.3 Å². The normalized spacial score (nSPS) is 12.3. The molecule has 1 unspecified atom stereocenters. The van der Waals surface area contributed by atoms with E-state index in [1.165, 1.54) is 0 Å². The molecule has 1 aromatic heterocycles. The van der Waals surface area contributed by atoms with Gasteiger partial charge in [-0.25, -0.2) is 4.79 Å². The van der Waals surface area contributed by atoms with E-state index >= 15 is 0 Å². The molecule has 0 radical (unpaired) electrons. The number of hydrogen-bond acceptors (Lipinski definition) is 3. The molecule has 0 spiro atoms. The average Bonchev–Trinajstić information content (AvgIpc) is 2.78. The van der Waals surface area contributed by atoms with Gasteiger partial charge in [-0.05, 0) is 39.8 Å². The van der Waals surface area contributed by atoms with Crippen LogP contribution in [0.25, 0.3) is 0 Å². The van der Waals surface area contributed by atoms with Crippen molar-refractivity contribution in [1.29, 1.82) is 0 Å². The summed E-state index contributed by atoms with van der Waals surface area (Å²) in [7, 11) is 0.